The lowest BCUT2D eigenvalue weighted by atomic mass is 10.2. The summed E-state index contributed by atoms with van der Waals surface area (Å²) in [7, 11) is -3.32. The molecule has 24 heavy (non-hydrogen) atoms. The number of nitrogens with one attached hydrogen (secondary N) is 1. The number of sulfone groups is 1. The first-order chi connectivity index (χ1) is 11.4. The van der Waals surface area contributed by atoms with Crippen LogP contribution >= 0.6 is 11.3 Å². The second kappa shape index (κ2) is 6.70. The van der Waals surface area contributed by atoms with Crippen LogP contribution < -0.4 is 5.32 Å². The van der Waals surface area contributed by atoms with E-state index in [0.717, 1.165) is 21.1 Å². The van der Waals surface area contributed by atoms with E-state index in [1.165, 1.54) is 6.26 Å². The van der Waals surface area contributed by atoms with Crippen LogP contribution in [-0.2, 0) is 16.4 Å². The van der Waals surface area contributed by atoms with Gasteiger partial charge in [0.15, 0.2) is 9.84 Å². The molecule has 2 aromatic heterocycles. The van der Waals surface area contributed by atoms with Crippen LogP contribution in [0.15, 0.2) is 53.6 Å². The molecule has 0 saturated carbocycles. The fraction of sp³-hybridized carbons (Fsp3) is 0.176. The SMILES string of the molecule is Cc1nc(-c2ccccc2)sc1CNc1ncccc1S(C)(=O)=O. The van der Waals surface area contributed by atoms with E-state index in [9.17, 15) is 8.42 Å². The third-order valence-electron chi connectivity index (χ3n) is 3.50. The summed E-state index contributed by atoms with van der Waals surface area (Å²) in [4.78, 5) is 10.0. The van der Waals surface area contributed by atoms with Gasteiger partial charge in [-0.2, -0.15) is 0 Å². The molecule has 0 radical (unpaired) electrons. The molecule has 0 aliphatic carbocycles. The highest BCUT2D eigenvalue weighted by molar-refractivity contribution is 7.90. The molecule has 5 nitrogen and oxygen atoms in total. The van der Waals surface area contributed by atoms with E-state index < -0.39 is 9.84 Å². The summed E-state index contributed by atoms with van der Waals surface area (Å²) in [5, 5.41) is 4.07. The summed E-state index contributed by atoms with van der Waals surface area (Å²) < 4.78 is 23.7. The number of aryl methyl sites for hydroxylation is 1. The summed E-state index contributed by atoms with van der Waals surface area (Å²) in [5.41, 5.74) is 2.01. The summed E-state index contributed by atoms with van der Waals surface area (Å²) in [6.07, 6.45) is 2.76. The van der Waals surface area contributed by atoms with E-state index in [1.54, 1.807) is 29.7 Å². The van der Waals surface area contributed by atoms with Crippen LogP contribution in [0.1, 0.15) is 10.6 Å². The zero-order chi connectivity index (χ0) is 17.2. The normalized spacial score (nSPS) is 11.4. The average Bonchev–Trinajstić information content (AvgIpc) is 2.94. The van der Waals surface area contributed by atoms with Gasteiger partial charge in [-0.05, 0) is 19.1 Å². The smallest absolute Gasteiger partial charge is 0.179 e. The van der Waals surface area contributed by atoms with E-state index >= 15 is 0 Å². The van der Waals surface area contributed by atoms with Gasteiger partial charge in [-0.15, -0.1) is 11.3 Å². The number of aromatic nitrogens is 2. The van der Waals surface area contributed by atoms with E-state index in [2.05, 4.69) is 15.3 Å². The van der Waals surface area contributed by atoms with E-state index in [-0.39, 0.29) is 4.90 Å². The molecule has 0 spiro atoms. The van der Waals surface area contributed by atoms with Gasteiger partial charge in [0.2, 0.25) is 0 Å². The molecule has 0 atom stereocenters. The molecule has 2 heterocycles. The van der Waals surface area contributed by atoms with Crippen LogP contribution in [0.4, 0.5) is 5.82 Å². The maximum absolute atomic E-state index is 11.8. The van der Waals surface area contributed by atoms with Crippen molar-refractivity contribution in [2.24, 2.45) is 0 Å². The Morgan fingerprint density at radius 1 is 1.12 bits per heavy atom. The lowest BCUT2D eigenvalue weighted by Gasteiger charge is -2.08. The lowest BCUT2D eigenvalue weighted by molar-refractivity contribution is 0.601. The monoisotopic (exact) mass is 359 g/mol. The number of hydrogen-bond donors (Lipinski definition) is 1. The van der Waals surface area contributed by atoms with Crippen LogP contribution in [0.2, 0.25) is 0 Å². The van der Waals surface area contributed by atoms with E-state index in [0.29, 0.717) is 12.4 Å². The van der Waals surface area contributed by atoms with Gasteiger partial charge in [-0.1, -0.05) is 30.3 Å². The quantitative estimate of drug-likeness (QED) is 0.754. The van der Waals surface area contributed by atoms with Gasteiger partial charge < -0.3 is 5.32 Å². The second-order valence-electron chi connectivity index (χ2n) is 5.37. The number of nitrogens with zero attached hydrogens (tertiary/aromatic N) is 2. The van der Waals surface area contributed by atoms with Crippen molar-refractivity contribution in [2.45, 2.75) is 18.4 Å². The number of hydrogen-bond acceptors (Lipinski definition) is 6. The average molecular weight is 359 g/mol. The molecule has 0 fully saturated rings. The fourth-order valence-electron chi connectivity index (χ4n) is 2.28. The largest absolute Gasteiger partial charge is 0.364 e. The van der Waals surface area contributed by atoms with E-state index in [4.69, 9.17) is 0 Å². The molecular formula is C17H17N3O2S2. The summed E-state index contributed by atoms with van der Waals surface area (Å²) in [6, 6.07) is 13.2. The zero-order valence-electron chi connectivity index (χ0n) is 13.4. The minimum absolute atomic E-state index is 0.204. The van der Waals surface area contributed by atoms with Gasteiger partial charge in [0.25, 0.3) is 0 Å². The summed E-state index contributed by atoms with van der Waals surface area (Å²) >= 11 is 1.59. The van der Waals surface area contributed by atoms with Crippen molar-refractivity contribution >= 4 is 27.0 Å². The van der Waals surface area contributed by atoms with Crippen molar-refractivity contribution in [3.63, 3.8) is 0 Å². The number of thiazole rings is 1. The fourth-order valence-corrected chi connectivity index (χ4v) is 4.09. The van der Waals surface area contributed by atoms with Crippen LogP contribution in [0.5, 0.6) is 0 Å². The molecule has 1 N–H and O–H groups in total. The third kappa shape index (κ3) is 3.63. The van der Waals surface area contributed by atoms with Crippen molar-refractivity contribution in [3.8, 4) is 10.6 Å². The maximum Gasteiger partial charge on any atom is 0.179 e. The lowest BCUT2D eigenvalue weighted by Crippen LogP contribution is -2.07. The molecule has 124 valence electrons. The summed E-state index contributed by atoms with van der Waals surface area (Å²) in [5.74, 6) is 0.370. The molecule has 0 aliphatic rings. The van der Waals surface area contributed by atoms with Crippen molar-refractivity contribution < 1.29 is 8.42 Å². The zero-order valence-corrected chi connectivity index (χ0v) is 15.0. The van der Waals surface area contributed by atoms with Crippen LogP contribution in [0.25, 0.3) is 10.6 Å². The Hall–Kier alpha value is -2.25. The van der Waals surface area contributed by atoms with Crippen LogP contribution in [-0.4, -0.2) is 24.6 Å². The highest BCUT2D eigenvalue weighted by atomic mass is 32.2. The van der Waals surface area contributed by atoms with Gasteiger partial charge in [0.1, 0.15) is 15.7 Å². The molecule has 0 saturated heterocycles. The Bertz CT molecular complexity index is 951. The first-order valence-electron chi connectivity index (χ1n) is 7.36. The van der Waals surface area contributed by atoms with Gasteiger partial charge >= 0.3 is 0 Å². The van der Waals surface area contributed by atoms with Crippen LogP contribution in [0.3, 0.4) is 0 Å². The van der Waals surface area contributed by atoms with E-state index in [1.807, 2.05) is 37.3 Å². The number of pyridine rings is 1. The van der Waals surface area contributed by atoms with Gasteiger partial charge in [0.05, 0.1) is 12.2 Å². The Kier molecular flexibility index (Phi) is 4.64. The first kappa shape index (κ1) is 16.6. The summed E-state index contributed by atoms with van der Waals surface area (Å²) in [6.45, 7) is 2.44. The molecule has 0 aliphatic heterocycles. The minimum atomic E-state index is -3.32. The minimum Gasteiger partial charge on any atom is -0.364 e. The number of rotatable bonds is 5. The van der Waals surface area contributed by atoms with Crippen LogP contribution in [0, 0.1) is 6.92 Å². The standard InChI is InChI=1S/C17H17N3O2S2/c1-12-14(23-17(20-12)13-7-4-3-5-8-13)11-19-16-15(24(2,21)22)9-6-10-18-16/h3-10H,11H2,1-2H3,(H,18,19). The van der Waals surface area contributed by atoms with Gasteiger partial charge in [-0.3, -0.25) is 0 Å². The molecular weight excluding hydrogens is 342 g/mol. The molecule has 1 aromatic carbocycles. The second-order valence-corrected chi connectivity index (χ2v) is 8.44. The van der Waals surface area contributed by atoms with Gasteiger partial charge in [-0.25, -0.2) is 18.4 Å². The molecule has 3 aromatic rings. The highest BCUT2D eigenvalue weighted by Crippen LogP contribution is 2.28. The third-order valence-corrected chi connectivity index (χ3v) is 5.83. The molecule has 0 unspecified atom stereocenters. The van der Waals surface area contributed by atoms with Crippen molar-refractivity contribution in [2.75, 3.05) is 11.6 Å². The molecule has 7 heteroatoms. The predicted molar refractivity (Wildman–Crippen MR) is 97.0 cm³/mol. The Labute approximate surface area is 145 Å². The highest BCUT2D eigenvalue weighted by Gasteiger charge is 2.15. The van der Waals surface area contributed by atoms with Crippen molar-refractivity contribution in [3.05, 3.63) is 59.2 Å². The predicted octanol–water partition coefficient (Wildman–Crippen LogP) is 3.53. The topological polar surface area (TPSA) is 72.0 Å². The number of benzene rings is 1. The maximum atomic E-state index is 11.8. The number of anilines is 1. The van der Waals surface area contributed by atoms with Crippen molar-refractivity contribution in [1.29, 1.82) is 0 Å². The molecule has 3 rings (SSSR count). The first-order valence-corrected chi connectivity index (χ1v) is 10.1. The molecule has 0 bridgehead atoms. The molecule has 0 amide bonds. The van der Waals surface area contributed by atoms with Gasteiger partial charge in [0, 0.05) is 22.9 Å². The van der Waals surface area contributed by atoms with Crippen molar-refractivity contribution in [1.82, 2.24) is 9.97 Å². The Morgan fingerprint density at radius 3 is 2.58 bits per heavy atom. The Morgan fingerprint density at radius 2 is 1.88 bits per heavy atom. The Balaban J connectivity index is 1.83.